The lowest BCUT2D eigenvalue weighted by Crippen LogP contribution is -2.68. The van der Waals surface area contributed by atoms with Crippen molar-refractivity contribution in [3.8, 4) is 0 Å². The SMILES string of the molecule is C[C@@]1(C(=O)NC2CCCC2)Cn2c(cc3ccccc32)C(=O)N1C1CCN(Cc2ccccc2)CC1. The van der Waals surface area contributed by atoms with Gasteiger partial charge in [0.15, 0.2) is 0 Å². The molecule has 2 aliphatic heterocycles. The molecule has 6 rings (SSSR count). The molecular weight excluding hydrogens is 448 g/mol. The summed E-state index contributed by atoms with van der Waals surface area (Å²) in [5, 5.41) is 4.39. The normalized spacial score (nSPS) is 23.8. The number of carbonyl (C=O) groups excluding carboxylic acids is 2. The number of benzene rings is 2. The molecule has 188 valence electrons. The average Bonchev–Trinajstić information content (AvgIpc) is 3.54. The Morgan fingerprint density at radius 2 is 1.67 bits per heavy atom. The van der Waals surface area contributed by atoms with Crippen LogP contribution in [0.3, 0.4) is 0 Å². The molecule has 1 aliphatic carbocycles. The number of carbonyl (C=O) groups is 2. The summed E-state index contributed by atoms with van der Waals surface area (Å²) in [7, 11) is 0. The smallest absolute Gasteiger partial charge is 0.271 e. The highest BCUT2D eigenvalue weighted by atomic mass is 16.2. The van der Waals surface area contributed by atoms with Gasteiger partial charge in [-0.2, -0.15) is 0 Å². The molecule has 2 amide bonds. The van der Waals surface area contributed by atoms with E-state index in [1.54, 1.807) is 0 Å². The number of hydrogen-bond acceptors (Lipinski definition) is 3. The fraction of sp³-hybridized carbons (Fsp3) is 0.467. The summed E-state index contributed by atoms with van der Waals surface area (Å²) in [5.41, 5.74) is 2.13. The number of piperidine rings is 1. The number of para-hydroxylation sites is 1. The molecule has 1 aromatic heterocycles. The number of aromatic nitrogens is 1. The molecule has 3 aromatic rings. The van der Waals surface area contributed by atoms with Crippen LogP contribution in [0.4, 0.5) is 0 Å². The van der Waals surface area contributed by atoms with Crippen molar-refractivity contribution in [1.29, 1.82) is 0 Å². The van der Waals surface area contributed by atoms with Crippen molar-refractivity contribution in [2.24, 2.45) is 0 Å². The molecule has 6 heteroatoms. The van der Waals surface area contributed by atoms with Crippen LogP contribution in [0.1, 0.15) is 61.5 Å². The fourth-order valence-electron chi connectivity index (χ4n) is 6.63. The largest absolute Gasteiger partial charge is 0.351 e. The molecule has 36 heavy (non-hydrogen) atoms. The molecule has 0 radical (unpaired) electrons. The first-order valence-electron chi connectivity index (χ1n) is 13.5. The first-order valence-corrected chi connectivity index (χ1v) is 13.5. The predicted octanol–water partition coefficient (Wildman–Crippen LogP) is 4.58. The third-order valence-corrected chi connectivity index (χ3v) is 8.60. The number of rotatable bonds is 5. The van der Waals surface area contributed by atoms with Crippen LogP contribution in [-0.2, 0) is 17.9 Å². The molecule has 2 aromatic carbocycles. The van der Waals surface area contributed by atoms with Gasteiger partial charge in [0.05, 0.1) is 6.54 Å². The van der Waals surface area contributed by atoms with Crippen LogP contribution in [0.25, 0.3) is 10.9 Å². The monoisotopic (exact) mass is 484 g/mol. The standard InChI is InChI=1S/C30H36N4O2/c1-30(29(36)31-24-12-6-7-13-24)21-33-26-14-8-5-11-23(26)19-27(33)28(35)34(30)25-15-17-32(18-16-25)20-22-9-3-2-4-10-22/h2-5,8-11,14,19,24-25H,6-7,12-13,15-18,20-21H2,1H3,(H,31,36)/t30-/m0/s1. The predicted molar refractivity (Wildman–Crippen MR) is 142 cm³/mol. The molecular formula is C30H36N4O2. The third kappa shape index (κ3) is 4.11. The molecule has 6 nitrogen and oxygen atoms in total. The first kappa shape index (κ1) is 23.3. The molecule has 1 atom stereocenters. The second kappa shape index (κ2) is 9.40. The lowest BCUT2D eigenvalue weighted by Gasteiger charge is -2.50. The zero-order valence-electron chi connectivity index (χ0n) is 21.2. The maximum atomic E-state index is 14.1. The van der Waals surface area contributed by atoms with Gasteiger partial charge in [-0.25, -0.2) is 0 Å². The van der Waals surface area contributed by atoms with Crippen molar-refractivity contribution in [1.82, 2.24) is 19.7 Å². The number of likely N-dealkylation sites (tertiary alicyclic amines) is 1. The van der Waals surface area contributed by atoms with Gasteiger partial charge in [0.25, 0.3) is 5.91 Å². The van der Waals surface area contributed by atoms with Crippen molar-refractivity contribution in [3.63, 3.8) is 0 Å². The van der Waals surface area contributed by atoms with Gasteiger partial charge in [-0.05, 0) is 50.3 Å². The van der Waals surface area contributed by atoms with E-state index in [0.29, 0.717) is 12.2 Å². The first-order chi connectivity index (χ1) is 17.5. The lowest BCUT2D eigenvalue weighted by atomic mass is 9.89. The summed E-state index contributed by atoms with van der Waals surface area (Å²) in [6.45, 7) is 5.25. The highest BCUT2D eigenvalue weighted by molar-refractivity contribution is 6.03. The van der Waals surface area contributed by atoms with Gasteiger partial charge in [0.2, 0.25) is 5.91 Å². The van der Waals surface area contributed by atoms with E-state index in [0.717, 1.165) is 69.1 Å². The number of fused-ring (bicyclic) bond motifs is 3. The van der Waals surface area contributed by atoms with Crippen LogP contribution >= 0.6 is 0 Å². The Kier molecular flexibility index (Phi) is 6.08. The molecule has 3 heterocycles. The Balaban J connectivity index is 1.29. The minimum atomic E-state index is -0.916. The van der Waals surface area contributed by atoms with Gasteiger partial charge in [-0.3, -0.25) is 14.5 Å². The van der Waals surface area contributed by atoms with Gasteiger partial charge in [-0.15, -0.1) is 0 Å². The molecule has 1 saturated heterocycles. The Morgan fingerprint density at radius 3 is 2.42 bits per heavy atom. The highest BCUT2D eigenvalue weighted by Crippen LogP contribution is 2.36. The van der Waals surface area contributed by atoms with Gasteiger partial charge in [0, 0.05) is 42.6 Å². The molecule has 3 aliphatic rings. The van der Waals surface area contributed by atoms with Crippen molar-refractivity contribution < 1.29 is 9.59 Å². The van der Waals surface area contributed by atoms with Crippen molar-refractivity contribution in [2.45, 2.75) is 76.2 Å². The summed E-state index contributed by atoms with van der Waals surface area (Å²) < 4.78 is 2.08. The minimum Gasteiger partial charge on any atom is -0.351 e. The quantitative estimate of drug-likeness (QED) is 0.577. The molecule has 2 fully saturated rings. The Hall–Kier alpha value is -3.12. The number of amides is 2. The Bertz CT molecular complexity index is 1250. The Labute approximate surface area is 213 Å². The van der Waals surface area contributed by atoms with Crippen LogP contribution in [0.5, 0.6) is 0 Å². The van der Waals surface area contributed by atoms with Crippen LogP contribution in [0, 0.1) is 0 Å². The maximum Gasteiger partial charge on any atom is 0.271 e. The maximum absolute atomic E-state index is 14.1. The Morgan fingerprint density at radius 1 is 0.972 bits per heavy atom. The number of hydrogen-bond donors (Lipinski definition) is 1. The van der Waals surface area contributed by atoms with Crippen molar-refractivity contribution in [2.75, 3.05) is 13.1 Å². The van der Waals surface area contributed by atoms with E-state index in [9.17, 15) is 9.59 Å². The van der Waals surface area contributed by atoms with Crippen LogP contribution in [-0.4, -0.2) is 56.9 Å². The molecule has 0 bridgehead atoms. The molecule has 1 saturated carbocycles. The molecule has 0 spiro atoms. The summed E-state index contributed by atoms with van der Waals surface area (Å²) in [6.07, 6.45) is 6.15. The van der Waals surface area contributed by atoms with E-state index in [1.165, 1.54) is 5.56 Å². The summed E-state index contributed by atoms with van der Waals surface area (Å²) >= 11 is 0. The lowest BCUT2D eigenvalue weighted by molar-refractivity contribution is -0.135. The zero-order valence-corrected chi connectivity index (χ0v) is 21.2. The van der Waals surface area contributed by atoms with Gasteiger partial charge in [-0.1, -0.05) is 61.4 Å². The second-order valence-electron chi connectivity index (χ2n) is 11.1. The van der Waals surface area contributed by atoms with Crippen LogP contribution < -0.4 is 5.32 Å². The molecule has 1 N–H and O–H groups in total. The van der Waals surface area contributed by atoms with E-state index in [2.05, 4.69) is 57.2 Å². The highest BCUT2D eigenvalue weighted by Gasteiger charge is 2.51. The van der Waals surface area contributed by atoms with Crippen molar-refractivity contribution >= 4 is 22.7 Å². The van der Waals surface area contributed by atoms with Crippen LogP contribution in [0.15, 0.2) is 60.7 Å². The van der Waals surface area contributed by atoms with Crippen molar-refractivity contribution in [3.05, 3.63) is 71.9 Å². The summed E-state index contributed by atoms with van der Waals surface area (Å²) in [4.78, 5) is 32.5. The second-order valence-corrected chi connectivity index (χ2v) is 11.1. The molecule has 0 unspecified atom stereocenters. The number of nitrogens with one attached hydrogen (secondary N) is 1. The van der Waals surface area contributed by atoms with E-state index >= 15 is 0 Å². The topological polar surface area (TPSA) is 57.6 Å². The van der Waals surface area contributed by atoms with E-state index in [-0.39, 0.29) is 23.9 Å². The minimum absolute atomic E-state index is 0.00195. The van der Waals surface area contributed by atoms with E-state index < -0.39 is 5.54 Å². The third-order valence-electron chi connectivity index (χ3n) is 8.60. The summed E-state index contributed by atoms with van der Waals surface area (Å²) in [6, 6.07) is 21.0. The number of nitrogens with zero attached hydrogens (tertiary/aromatic N) is 3. The summed E-state index contributed by atoms with van der Waals surface area (Å²) in [5.74, 6) is -0.0130. The zero-order chi connectivity index (χ0) is 24.7. The van der Waals surface area contributed by atoms with E-state index in [1.807, 2.05) is 30.0 Å². The van der Waals surface area contributed by atoms with Crippen LogP contribution in [0.2, 0.25) is 0 Å². The van der Waals surface area contributed by atoms with E-state index in [4.69, 9.17) is 0 Å². The average molecular weight is 485 g/mol. The van der Waals surface area contributed by atoms with Gasteiger partial charge < -0.3 is 14.8 Å². The van der Waals surface area contributed by atoms with Gasteiger partial charge >= 0.3 is 0 Å². The van der Waals surface area contributed by atoms with Gasteiger partial charge in [0.1, 0.15) is 11.2 Å². The fourth-order valence-corrected chi connectivity index (χ4v) is 6.63.